The van der Waals surface area contributed by atoms with Gasteiger partial charge in [-0.25, -0.2) is 0 Å². The van der Waals surface area contributed by atoms with E-state index in [2.05, 4.69) is 0 Å². The molecule has 0 spiro atoms. The SMILES string of the molecule is COc1ccc(C[NH+]2CCC(O)CC2)c(O)c1. The first-order valence-electron chi connectivity index (χ1n) is 6.06. The average molecular weight is 238 g/mol. The van der Waals surface area contributed by atoms with Crippen molar-refractivity contribution >= 4 is 0 Å². The van der Waals surface area contributed by atoms with Gasteiger partial charge in [0.1, 0.15) is 18.0 Å². The van der Waals surface area contributed by atoms with Crippen LogP contribution in [0, 0.1) is 0 Å². The second-order valence-corrected chi connectivity index (χ2v) is 4.65. The van der Waals surface area contributed by atoms with Crippen LogP contribution in [0.25, 0.3) is 0 Å². The standard InChI is InChI=1S/C13H19NO3/c1-17-12-3-2-10(13(16)8-12)9-14-6-4-11(15)5-7-14/h2-3,8,11,15-16H,4-7,9H2,1H3/p+1. The summed E-state index contributed by atoms with van der Waals surface area (Å²) < 4.78 is 5.05. The molecule has 94 valence electrons. The zero-order valence-corrected chi connectivity index (χ0v) is 10.1. The number of hydrogen-bond acceptors (Lipinski definition) is 3. The van der Waals surface area contributed by atoms with Crippen LogP contribution in [0.1, 0.15) is 18.4 Å². The van der Waals surface area contributed by atoms with E-state index in [0.29, 0.717) is 11.5 Å². The maximum Gasteiger partial charge on any atom is 0.128 e. The van der Waals surface area contributed by atoms with Crippen LogP contribution in [-0.2, 0) is 6.54 Å². The van der Waals surface area contributed by atoms with Crippen molar-refractivity contribution in [3.8, 4) is 11.5 Å². The molecule has 0 atom stereocenters. The highest BCUT2D eigenvalue weighted by atomic mass is 16.5. The predicted molar refractivity (Wildman–Crippen MR) is 64.3 cm³/mol. The van der Waals surface area contributed by atoms with E-state index in [1.807, 2.05) is 12.1 Å². The summed E-state index contributed by atoms with van der Waals surface area (Å²) in [7, 11) is 1.59. The number of methoxy groups -OCH3 is 1. The third-order valence-electron chi connectivity index (χ3n) is 3.40. The number of benzene rings is 1. The minimum Gasteiger partial charge on any atom is -0.507 e. The van der Waals surface area contributed by atoms with Crippen molar-refractivity contribution in [2.75, 3.05) is 20.2 Å². The van der Waals surface area contributed by atoms with Crippen molar-refractivity contribution in [1.82, 2.24) is 0 Å². The van der Waals surface area contributed by atoms with Gasteiger partial charge in [0.15, 0.2) is 0 Å². The summed E-state index contributed by atoms with van der Waals surface area (Å²) in [5.74, 6) is 0.971. The molecule has 0 bridgehead atoms. The molecule has 1 aromatic carbocycles. The molecule has 0 saturated carbocycles. The summed E-state index contributed by atoms with van der Waals surface area (Å²) in [6, 6.07) is 5.42. The summed E-state index contributed by atoms with van der Waals surface area (Å²) in [5.41, 5.74) is 0.942. The number of phenols is 1. The number of ether oxygens (including phenoxy) is 1. The van der Waals surface area contributed by atoms with Gasteiger partial charge in [-0.1, -0.05) is 0 Å². The lowest BCUT2D eigenvalue weighted by Gasteiger charge is -2.26. The van der Waals surface area contributed by atoms with E-state index in [0.717, 1.165) is 38.0 Å². The topological polar surface area (TPSA) is 54.1 Å². The molecule has 1 saturated heterocycles. The molecule has 1 aromatic rings. The van der Waals surface area contributed by atoms with E-state index in [9.17, 15) is 10.2 Å². The van der Waals surface area contributed by atoms with Crippen LogP contribution in [0.15, 0.2) is 18.2 Å². The molecule has 1 aliphatic rings. The Morgan fingerprint density at radius 1 is 1.35 bits per heavy atom. The molecular weight excluding hydrogens is 218 g/mol. The lowest BCUT2D eigenvalue weighted by molar-refractivity contribution is -0.919. The Morgan fingerprint density at radius 2 is 2.06 bits per heavy atom. The molecule has 17 heavy (non-hydrogen) atoms. The Labute approximate surface area is 101 Å². The average Bonchev–Trinajstić information content (AvgIpc) is 2.34. The highest BCUT2D eigenvalue weighted by molar-refractivity contribution is 5.39. The molecule has 4 nitrogen and oxygen atoms in total. The Bertz CT molecular complexity index is 373. The van der Waals surface area contributed by atoms with Crippen molar-refractivity contribution in [1.29, 1.82) is 0 Å². The van der Waals surface area contributed by atoms with E-state index in [1.165, 1.54) is 4.90 Å². The summed E-state index contributed by atoms with van der Waals surface area (Å²) in [4.78, 5) is 1.41. The van der Waals surface area contributed by atoms with Crippen LogP contribution < -0.4 is 9.64 Å². The van der Waals surface area contributed by atoms with E-state index in [-0.39, 0.29) is 6.10 Å². The minimum atomic E-state index is -0.136. The fraction of sp³-hybridized carbons (Fsp3) is 0.538. The summed E-state index contributed by atoms with van der Waals surface area (Å²) >= 11 is 0. The number of quaternary nitrogens is 1. The lowest BCUT2D eigenvalue weighted by atomic mass is 10.1. The quantitative estimate of drug-likeness (QED) is 0.691. The maximum absolute atomic E-state index is 9.86. The van der Waals surface area contributed by atoms with Gasteiger partial charge in [-0.2, -0.15) is 0 Å². The van der Waals surface area contributed by atoms with E-state index >= 15 is 0 Å². The molecule has 1 aliphatic heterocycles. The fourth-order valence-electron chi connectivity index (χ4n) is 2.28. The Hall–Kier alpha value is -1.26. The van der Waals surface area contributed by atoms with Gasteiger partial charge < -0.3 is 19.8 Å². The molecule has 0 radical (unpaired) electrons. The number of phenolic OH excluding ortho intramolecular Hbond substituents is 1. The van der Waals surface area contributed by atoms with Crippen LogP contribution in [0.3, 0.4) is 0 Å². The van der Waals surface area contributed by atoms with Gasteiger partial charge in [0.05, 0.1) is 26.3 Å². The summed E-state index contributed by atoms with van der Waals surface area (Å²) in [6.07, 6.45) is 1.57. The second-order valence-electron chi connectivity index (χ2n) is 4.65. The zero-order chi connectivity index (χ0) is 12.3. The number of aromatic hydroxyl groups is 1. The number of aliphatic hydroxyl groups excluding tert-OH is 1. The smallest absolute Gasteiger partial charge is 0.128 e. The first kappa shape index (κ1) is 12.2. The van der Waals surface area contributed by atoms with Crippen molar-refractivity contribution in [3.63, 3.8) is 0 Å². The molecule has 1 fully saturated rings. The lowest BCUT2D eigenvalue weighted by Crippen LogP contribution is -3.12. The highest BCUT2D eigenvalue weighted by Crippen LogP contribution is 2.22. The molecule has 4 heteroatoms. The van der Waals surface area contributed by atoms with Crippen molar-refractivity contribution in [3.05, 3.63) is 23.8 Å². The number of hydrogen-bond donors (Lipinski definition) is 3. The molecule has 0 aliphatic carbocycles. The number of rotatable bonds is 3. The third-order valence-corrected chi connectivity index (χ3v) is 3.40. The molecule has 3 N–H and O–H groups in total. The Morgan fingerprint density at radius 3 is 2.65 bits per heavy atom. The first-order chi connectivity index (χ1) is 8.19. The number of aliphatic hydroxyl groups is 1. The molecule has 0 amide bonds. The van der Waals surface area contributed by atoms with E-state index in [4.69, 9.17) is 4.74 Å². The van der Waals surface area contributed by atoms with Gasteiger partial charge in [0.2, 0.25) is 0 Å². The second kappa shape index (κ2) is 5.38. The first-order valence-corrected chi connectivity index (χ1v) is 6.06. The molecular formula is C13H20NO3+. The van der Waals surface area contributed by atoms with Crippen LogP contribution in [-0.4, -0.2) is 36.5 Å². The van der Waals surface area contributed by atoms with Crippen molar-refractivity contribution < 1.29 is 19.8 Å². The number of nitrogens with one attached hydrogen (secondary N) is 1. The zero-order valence-electron chi connectivity index (χ0n) is 10.1. The fourth-order valence-corrected chi connectivity index (χ4v) is 2.28. The Balaban J connectivity index is 1.99. The van der Waals surface area contributed by atoms with Gasteiger partial charge in [0, 0.05) is 24.5 Å². The van der Waals surface area contributed by atoms with Gasteiger partial charge in [0.25, 0.3) is 0 Å². The highest BCUT2D eigenvalue weighted by Gasteiger charge is 2.21. The normalized spacial score (nSPS) is 24.6. The van der Waals surface area contributed by atoms with Crippen molar-refractivity contribution in [2.45, 2.75) is 25.5 Å². The molecule has 1 heterocycles. The number of likely N-dealkylation sites (tertiary alicyclic amines) is 1. The minimum absolute atomic E-state index is 0.136. The van der Waals surface area contributed by atoms with Crippen LogP contribution in [0.2, 0.25) is 0 Å². The predicted octanol–water partition coefficient (Wildman–Crippen LogP) is -0.0596. The molecule has 0 aromatic heterocycles. The van der Waals surface area contributed by atoms with Gasteiger partial charge in [-0.3, -0.25) is 0 Å². The maximum atomic E-state index is 9.86. The number of piperidine rings is 1. The van der Waals surface area contributed by atoms with Crippen LogP contribution in [0.5, 0.6) is 11.5 Å². The third kappa shape index (κ3) is 3.11. The van der Waals surface area contributed by atoms with Crippen LogP contribution >= 0.6 is 0 Å². The van der Waals surface area contributed by atoms with Gasteiger partial charge in [-0.15, -0.1) is 0 Å². The molecule has 2 rings (SSSR count). The van der Waals surface area contributed by atoms with Gasteiger partial charge in [-0.05, 0) is 12.1 Å². The molecule has 0 unspecified atom stereocenters. The van der Waals surface area contributed by atoms with E-state index < -0.39 is 0 Å². The largest absolute Gasteiger partial charge is 0.507 e. The summed E-state index contributed by atoms with van der Waals surface area (Å²) in [6.45, 7) is 2.74. The van der Waals surface area contributed by atoms with Crippen LogP contribution in [0.4, 0.5) is 0 Å². The van der Waals surface area contributed by atoms with Crippen molar-refractivity contribution in [2.24, 2.45) is 0 Å². The van der Waals surface area contributed by atoms with E-state index in [1.54, 1.807) is 13.2 Å². The Kier molecular flexibility index (Phi) is 3.86. The monoisotopic (exact) mass is 238 g/mol. The summed E-state index contributed by atoms with van der Waals surface area (Å²) in [5, 5.41) is 19.3. The van der Waals surface area contributed by atoms with Gasteiger partial charge >= 0.3 is 0 Å².